The maximum absolute atomic E-state index is 5.94. The molecule has 16 heavy (non-hydrogen) atoms. The van der Waals surface area contributed by atoms with Gasteiger partial charge in [0.15, 0.2) is 5.96 Å². The Morgan fingerprint density at radius 3 is 2.56 bits per heavy atom. The van der Waals surface area contributed by atoms with Gasteiger partial charge in [-0.05, 0) is 6.42 Å². The summed E-state index contributed by atoms with van der Waals surface area (Å²) < 4.78 is 0. The van der Waals surface area contributed by atoms with Crippen LogP contribution in [0.1, 0.15) is 39.0 Å². The molecule has 3 N–H and O–H groups in total. The predicted molar refractivity (Wildman–Crippen MR) is 69.7 cm³/mol. The number of rotatable bonds is 6. The van der Waals surface area contributed by atoms with Crippen LogP contribution in [-0.4, -0.2) is 43.6 Å². The van der Waals surface area contributed by atoms with E-state index >= 15 is 0 Å². The number of nitrogens with one attached hydrogen (secondary N) is 1. The maximum atomic E-state index is 5.94. The minimum Gasteiger partial charge on any atom is -0.370 e. The number of nitrogens with zero attached hydrogens (tertiary/aromatic N) is 2. The molecule has 0 atom stereocenters. The molecule has 0 unspecified atom stereocenters. The van der Waals surface area contributed by atoms with Crippen LogP contribution in [0.2, 0.25) is 0 Å². The van der Waals surface area contributed by atoms with Crippen molar-refractivity contribution in [2.24, 2.45) is 10.7 Å². The van der Waals surface area contributed by atoms with Crippen molar-refractivity contribution in [2.45, 2.75) is 39.0 Å². The van der Waals surface area contributed by atoms with Crippen molar-refractivity contribution in [3.8, 4) is 0 Å². The zero-order chi connectivity index (χ0) is 11.6. The van der Waals surface area contributed by atoms with Gasteiger partial charge in [-0.3, -0.25) is 4.99 Å². The van der Waals surface area contributed by atoms with Crippen LogP contribution in [0, 0.1) is 0 Å². The fraction of sp³-hybridized carbons (Fsp3) is 0.917. The van der Waals surface area contributed by atoms with Gasteiger partial charge in [0.1, 0.15) is 0 Å². The Morgan fingerprint density at radius 1 is 1.19 bits per heavy atom. The van der Waals surface area contributed by atoms with Crippen LogP contribution in [0.4, 0.5) is 0 Å². The standard InChI is InChI=1S/C12H26N4/c1-2-3-4-5-6-7-15-12(13)16-10-8-14-9-11-16/h14H,2-11H2,1H3,(H2,13,15). The van der Waals surface area contributed by atoms with Gasteiger partial charge in [0.05, 0.1) is 0 Å². The molecule has 0 aromatic heterocycles. The third kappa shape index (κ3) is 5.35. The van der Waals surface area contributed by atoms with Crippen molar-refractivity contribution < 1.29 is 0 Å². The molecular weight excluding hydrogens is 200 g/mol. The van der Waals surface area contributed by atoms with Crippen molar-refractivity contribution in [3.05, 3.63) is 0 Å². The first-order valence-corrected chi connectivity index (χ1v) is 6.60. The summed E-state index contributed by atoms with van der Waals surface area (Å²) in [6.07, 6.45) is 6.43. The summed E-state index contributed by atoms with van der Waals surface area (Å²) in [6.45, 7) is 7.15. The van der Waals surface area contributed by atoms with Crippen LogP contribution in [0.15, 0.2) is 4.99 Å². The second kappa shape index (κ2) is 8.39. The zero-order valence-corrected chi connectivity index (χ0v) is 10.5. The highest BCUT2D eigenvalue weighted by Gasteiger charge is 2.10. The van der Waals surface area contributed by atoms with Gasteiger partial charge in [-0.1, -0.05) is 32.6 Å². The van der Waals surface area contributed by atoms with Crippen LogP contribution >= 0.6 is 0 Å². The molecule has 0 aromatic rings. The number of hydrogen-bond acceptors (Lipinski definition) is 2. The molecule has 0 amide bonds. The summed E-state index contributed by atoms with van der Waals surface area (Å²) in [7, 11) is 0. The lowest BCUT2D eigenvalue weighted by Crippen LogP contribution is -2.49. The maximum Gasteiger partial charge on any atom is 0.191 e. The normalized spacial score (nSPS) is 17.8. The predicted octanol–water partition coefficient (Wildman–Crippen LogP) is 1.18. The van der Waals surface area contributed by atoms with E-state index in [0.29, 0.717) is 0 Å². The molecule has 4 heteroatoms. The van der Waals surface area contributed by atoms with Crippen LogP contribution in [0.25, 0.3) is 0 Å². The van der Waals surface area contributed by atoms with Gasteiger partial charge in [0.2, 0.25) is 0 Å². The summed E-state index contributed by atoms with van der Waals surface area (Å²) in [6, 6.07) is 0. The van der Waals surface area contributed by atoms with Crippen LogP contribution < -0.4 is 11.1 Å². The molecule has 1 heterocycles. The van der Waals surface area contributed by atoms with Gasteiger partial charge in [-0.15, -0.1) is 0 Å². The fourth-order valence-electron chi connectivity index (χ4n) is 1.90. The molecule has 4 nitrogen and oxygen atoms in total. The summed E-state index contributed by atoms with van der Waals surface area (Å²) in [4.78, 5) is 6.61. The molecule has 1 aliphatic heterocycles. The minimum absolute atomic E-state index is 0.733. The number of guanidine groups is 1. The Hall–Kier alpha value is -0.770. The quantitative estimate of drug-likeness (QED) is 0.406. The monoisotopic (exact) mass is 226 g/mol. The third-order valence-corrected chi connectivity index (χ3v) is 2.98. The molecule has 1 fully saturated rings. The first-order chi connectivity index (χ1) is 7.84. The summed E-state index contributed by atoms with van der Waals surface area (Å²) >= 11 is 0. The molecule has 1 saturated heterocycles. The molecule has 0 spiro atoms. The largest absolute Gasteiger partial charge is 0.370 e. The Balaban J connectivity index is 2.07. The van der Waals surface area contributed by atoms with Crippen LogP contribution in [0.3, 0.4) is 0 Å². The number of unbranched alkanes of at least 4 members (excludes halogenated alkanes) is 4. The van der Waals surface area contributed by atoms with E-state index in [9.17, 15) is 0 Å². The van der Waals surface area contributed by atoms with Crippen molar-refractivity contribution in [1.82, 2.24) is 10.2 Å². The molecule has 0 aromatic carbocycles. The lowest BCUT2D eigenvalue weighted by Gasteiger charge is -2.28. The van der Waals surface area contributed by atoms with E-state index in [-0.39, 0.29) is 0 Å². The minimum atomic E-state index is 0.733. The Labute approximate surface area is 99.3 Å². The van der Waals surface area contributed by atoms with Crippen LogP contribution in [-0.2, 0) is 0 Å². The van der Waals surface area contributed by atoms with E-state index in [0.717, 1.165) is 38.7 Å². The van der Waals surface area contributed by atoms with Crippen molar-refractivity contribution in [3.63, 3.8) is 0 Å². The van der Waals surface area contributed by atoms with E-state index in [2.05, 4.69) is 22.1 Å². The summed E-state index contributed by atoms with van der Waals surface area (Å²) in [5, 5.41) is 3.31. The van der Waals surface area contributed by atoms with Gasteiger partial charge in [0, 0.05) is 32.7 Å². The van der Waals surface area contributed by atoms with Crippen molar-refractivity contribution in [1.29, 1.82) is 0 Å². The Morgan fingerprint density at radius 2 is 1.88 bits per heavy atom. The third-order valence-electron chi connectivity index (χ3n) is 2.98. The molecule has 0 saturated carbocycles. The first-order valence-electron chi connectivity index (χ1n) is 6.60. The van der Waals surface area contributed by atoms with E-state index in [1.807, 2.05) is 0 Å². The Kier molecular flexibility index (Phi) is 6.97. The van der Waals surface area contributed by atoms with Gasteiger partial charge in [-0.2, -0.15) is 0 Å². The van der Waals surface area contributed by atoms with E-state index < -0.39 is 0 Å². The highest BCUT2D eigenvalue weighted by atomic mass is 15.3. The molecular formula is C12H26N4. The number of hydrogen-bond donors (Lipinski definition) is 2. The lowest BCUT2D eigenvalue weighted by atomic mass is 10.2. The van der Waals surface area contributed by atoms with Crippen LogP contribution in [0.5, 0.6) is 0 Å². The zero-order valence-electron chi connectivity index (χ0n) is 10.5. The molecule has 0 bridgehead atoms. The van der Waals surface area contributed by atoms with E-state index in [4.69, 9.17) is 5.73 Å². The molecule has 94 valence electrons. The van der Waals surface area contributed by atoms with E-state index in [1.54, 1.807) is 0 Å². The second-order valence-electron chi connectivity index (χ2n) is 4.39. The van der Waals surface area contributed by atoms with Gasteiger partial charge >= 0.3 is 0 Å². The highest BCUT2D eigenvalue weighted by Crippen LogP contribution is 2.02. The van der Waals surface area contributed by atoms with E-state index in [1.165, 1.54) is 32.1 Å². The average molecular weight is 226 g/mol. The fourth-order valence-corrected chi connectivity index (χ4v) is 1.90. The van der Waals surface area contributed by atoms with Crippen molar-refractivity contribution >= 4 is 5.96 Å². The molecule has 0 radical (unpaired) electrons. The number of nitrogens with two attached hydrogens (primary N) is 1. The molecule has 0 aliphatic carbocycles. The summed E-state index contributed by atoms with van der Waals surface area (Å²) in [5.41, 5.74) is 5.94. The second-order valence-corrected chi connectivity index (χ2v) is 4.39. The van der Waals surface area contributed by atoms with Gasteiger partial charge < -0.3 is 16.0 Å². The van der Waals surface area contributed by atoms with Gasteiger partial charge in [-0.25, -0.2) is 0 Å². The summed E-state index contributed by atoms with van der Waals surface area (Å²) in [5.74, 6) is 0.733. The Bertz CT molecular complexity index is 197. The topological polar surface area (TPSA) is 53.6 Å². The molecule has 1 rings (SSSR count). The smallest absolute Gasteiger partial charge is 0.191 e. The van der Waals surface area contributed by atoms with Gasteiger partial charge in [0.25, 0.3) is 0 Å². The number of piperazine rings is 1. The molecule has 1 aliphatic rings. The average Bonchev–Trinajstić information content (AvgIpc) is 2.34. The first kappa shape index (κ1) is 13.3. The number of aliphatic imine (C=N–C) groups is 1. The lowest BCUT2D eigenvalue weighted by molar-refractivity contribution is 0.353. The highest BCUT2D eigenvalue weighted by molar-refractivity contribution is 5.78. The SMILES string of the molecule is CCCCCCCN=C(N)N1CCNCC1. The van der Waals surface area contributed by atoms with Crippen molar-refractivity contribution in [2.75, 3.05) is 32.7 Å².